The fraction of sp³-hybridized carbons (Fsp3) is 0.500. The summed E-state index contributed by atoms with van der Waals surface area (Å²) in [5.74, 6) is 1.09. The van der Waals surface area contributed by atoms with Gasteiger partial charge in [-0.15, -0.1) is 0 Å². The molecule has 1 aromatic heterocycles. The van der Waals surface area contributed by atoms with Crippen LogP contribution in [0.4, 0.5) is 4.39 Å². The van der Waals surface area contributed by atoms with Crippen molar-refractivity contribution < 1.29 is 13.9 Å². The van der Waals surface area contributed by atoms with Crippen LogP contribution < -0.4 is 0 Å². The van der Waals surface area contributed by atoms with Gasteiger partial charge in [0, 0.05) is 5.39 Å². The van der Waals surface area contributed by atoms with Crippen molar-refractivity contribution in [1.29, 1.82) is 0 Å². The number of furan rings is 1. The molecule has 1 N–H and O–H groups in total. The Bertz CT molecular complexity index is 604. The zero-order valence-corrected chi connectivity index (χ0v) is 11.3. The van der Waals surface area contributed by atoms with Gasteiger partial charge in [-0.25, -0.2) is 4.39 Å². The second-order valence-electron chi connectivity index (χ2n) is 6.00. The fourth-order valence-electron chi connectivity index (χ4n) is 3.22. The lowest BCUT2D eigenvalue weighted by Gasteiger charge is -2.39. The molecular formula is C16H19FO2. The number of halogens is 1. The van der Waals surface area contributed by atoms with Gasteiger partial charge in [0.15, 0.2) is 0 Å². The summed E-state index contributed by atoms with van der Waals surface area (Å²) in [7, 11) is 0. The second kappa shape index (κ2) is 4.34. The molecule has 1 aliphatic rings. The van der Waals surface area contributed by atoms with Gasteiger partial charge < -0.3 is 9.52 Å². The topological polar surface area (TPSA) is 33.4 Å². The van der Waals surface area contributed by atoms with Gasteiger partial charge in [-0.1, -0.05) is 13.8 Å². The smallest absolute Gasteiger partial charge is 0.137 e. The van der Waals surface area contributed by atoms with Crippen LogP contribution in [0.25, 0.3) is 11.0 Å². The van der Waals surface area contributed by atoms with E-state index in [1.807, 2.05) is 0 Å². The lowest BCUT2D eigenvalue weighted by molar-refractivity contribution is -0.0735. The van der Waals surface area contributed by atoms with Crippen LogP contribution in [-0.4, -0.2) is 5.11 Å². The predicted molar refractivity (Wildman–Crippen MR) is 72.2 cm³/mol. The molecule has 3 heteroatoms. The Balaban J connectivity index is 2.03. The summed E-state index contributed by atoms with van der Waals surface area (Å²) in [5.41, 5.74) is -0.280. The summed E-state index contributed by atoms with van der Waals surface area (Å²) < 4.78 is 19.0. The van der Waals surface area contributed by atoms with Crippen molar-refractivity contribution in [1.82, 2.24) is 0 Å². The highest BCUT2D eigenvalue weighted by Crippen LogP contribution is 2.44. The third-order valence-corrected chi connectivity index (χ3v) is 4.49. The summed E-state index contributed by atoms with van der Waals surface area (Å²) in [5, 5.41) is 11.6. The van der Waals surface area contributed by atoms with E-state index in [9.17, 15) is 9.50 Å². The van der Waals surface area contributed by atoms with Crippen LogP contribution in [0, 0.1) is 17.7 Å². The number of rotatable bonds is 1. The molecule has 3 rings (SSSR count). The van der Waals surface area contributed by atoms with E-state index >= 15 is 0 Å². The Morgan fingerprint density at radius 1 is 1.32 bits per heavy atom. The molecule has 0 saturated heterocycles. The first-order valence-electron chi connectivity index (χ1n) is 6.91. The molecule has 1 heterocycles. The number of hydrogen-bond donors (Lipinski definition) is 1. The molecule has 19 heavy (non-hydrogen) atoms. The first-order valence-corrected chi connectivity index (χ1v) is 6.91. The molecule has 2 nitrogen and oxygen atoms in total. The molecule has 2 aromatic rings. The summed E-state index contributed by atoms with van der Waals surface area (Å²) >= 11 is 0. The van der Waals surface area contributed by atoms with Gasteiger partial charge in [0.05, 0.1) is 0 Å². The molecule has 1 aliphatic carbocycles. The van der Waals surface area contributed by atoms with Crippen LogP contribution in [0.15, 0.2) is 28.7 Å². The van der Waals surface area contributed by atoms with Crippen LogP contribution in [0.1, 0.15) is 38.9 Å². The molecule has 1 fully saturated rings. The van der Waals surface area contributed by atoms with Crippen molar-refractivity contribution in [2.24, 2.45) is 11.8 Å². The Kier molecular flexibility index (Phi) is 2.90. The molecule has 0 spiro atoms. The van der Waals surface area contributed by atoms with Crippen molar-refractivity contribution in [3.8, 4) is 0 Å². The van der Waals surface area contributed by atoms with E-state index in [1.54, 1.807) is 12.1 Å². The van der Waals surface area contributed by atoms with Crippen molar-refractivity contribution in [3.05, 3.63) is 35.8 Å². The normalized spacial score (nSPS) is 31.8. The average molecular weight is 262 g/mol. The summed E-state index contributed by atoms with van der Waals surface area (Å²) in [6, 6.07) is 6.23. The number of fused-ring (bicyclic) bond motifs is 1. The minimum absolute atomic E-state index is 0.154. The Labute approximate surface area is 112 Å². The quantitative estimate of drug-likeness (QED) is 0.835. The van der Waals surface area contributed by atoms with E-state index in [-0.39, 0.29) is 11.7 Å². The van der Waals surface area contributed by atoms with E-state index in [2.05, 4.69) is 13.8 Å². The molecule has 0 radical (unpaired) electrons. The van der Waals surface area contributed by atoms with Gasteiger partial charge >= 0.3 is 0 Å². The van der Waals surface area contributed by atoms with Crippen molar-refractivity contribution in [2.75, 3.05) is 0 Å². The SMILES string of the molecule is CC1CCC(O)(c2cc3cc(F)ccc3o2)C(C)C1. The minimum atomic E-state index is -0.915. The lowest BCUT2D eigenvalue weighted by atomic mass is 9.71. The van der Waals surface area contributed by atoms with Crippen molar-refractivity contribution in [2.45, 2.75) is 38.7 Å². The maximum Gasteiger partial charge on any atom is 0.137 e. The summed E-state index contributed by atoms with van der Waals surface area (Å²) in [6.45, 7) is 4.27. The first kappa shape index (κ1) is 12.7. The van der Waals surface area contributed by atoms with Crippen LogP contribution >= 0.6 is 0 Å². The summed E-state index contributed by atoms with van der Waals surface area (Å²) in [6.07, 6.45) is 2.69. The van der Waals surface area contributed by atoms with Crippen LogP contribution in [-0.2, 0) is 5.60 Å². The highest BCUT2D eigenvalue weighted by Gasteiger charge is 2.42. The number of benzene rings is 1. The maximum atomic E-state index is 13.2. The minimum Gasteiger partial charge on any atom is -0.458 e. The third kappa shape index (κ3) is 2.06. The highest BCUT2D eigenvalue weighted by atomic mass is 19.1. The van der Waals surface area contributed by atoms with Crippen LogP contribution in [0.2, 0.25) is 0 Å². The largest absolute Gasteiger partial charge is 0.458 e. The number of hydrogen-bond acceptors (Lipinski definition) is 2. The zero-order chi connectivity index (χ0) is 13.6. The molecule has 3 atom stereocenters. The predicted octanol–water partition coefficient (Wildman–Crippen LogP) is 4.22. The van der Waals surface area contributed by atoms with Gasteiger partial charge in [-0.3, -0.25) is 0 Å². The third-order valence-electron chi connectivity index (χ3n) is 4.49. The monoisotopic (exact) mass is 262 g/mol. The summed E-state index contributed by atoms with van der Waals surface area (Å²) in [4.78, 5) is 0. The molecule has 0 amide bonds. The van der Waals surface area contributed by atoms with Gasteiger partial charge in [-0.05, 0) is 55.4 Å². The van der Waals surface area contributed by atoms with Crippen LogP contribution in [0.3, 0.4) is 0 Å². The molecule has 0 bridgehead atoms. The zero-order valence-electron chi connectivity index (χ0n) is 11.3. The second-order valence-corrected chi connectivity index (χ2v) is 6.00. The highest BCUT2D eigenvalue weighted by molar-refractivity contribution is 5.78. The van der Waals surface area contributed by atoms with E-state index in [0.29, 0.717) is 29.1 Å². The van der Waals surface area contributed by atoms with Gasteiger partial charge in [0.25, 0.3) is 0 Å². The fourth-order valence-corrected chi connectivity index (χ4v) is 3.22. The van der Waals surface area contributed by atoms with Gasteiger partial charge in [0.1, 0.15) is 22.8 Å². The molecule has 3 unspecified atom stereocenters. The van der Waals surface area contributed by atoms with Gasteiger partial charge in [-0.2, -0.15) is 0 Å². The standard InChI is InChI=1S/C16H19FO2/c1-10-5-6-16(18,11(2)7-10)15-9-12-8-13(17)3-4-14(12)19-15/h3-4,8-11,18H,5-7H2,1-2H3. The number of aliphatic hydroxyl groups is 1. The van der Waals surface area contributed by atoms with E-state index in [4.69, 9.17) is 4.42 Å². The molecule has 1 saturated carbocycles. The molecule has 0 aliphatic heterocycles. The molecule has 1 aromatic carbocycles. The van der Waals surface area contributed by atoms with Crippen molar-refractivity contribution >= 4 is 11.0 Å². The van der Waals surface area contributed by atoms with Crippen LogP contribution in [0.5, 0.6) is 0 Å². The average Bonchev–Trinajstić information content (AvgIpc) is 2.77. The molecular weight excluding hydrogens is 243 g/mol. The first-order chi connectivity index (χ1) is 8.99. The van der Waals surface area contributed by atoms with E-state index in [1.165, 1.54) is 12.1 Å². The van der Waals surface area contributed by atoms with Crippen molar-refractivity contribution in [3.63, 3.8) is 0 Å². The van der Waals surface area contributed by atoms with Gasteiger partial charge in [0.2, 0.25) is 0 Å². The van der Waals surface area contributed by atoms with E-state index in [0.717, 1.165) is 12.8 Å². The molecule has 102 valence electrons. The lowest BCUT2D eigenvalue weighted by Crippen LogP contribution is -2.38. The van der Waals surface area contributed by atoms with E-state index < -0.39 is 5.60 Å². The Morgan fingerprint density at radius 2 is 2.11 bits per heavy atom. The maximum absolute atomic E-state index is 13.2. The Morgan fingerprint density at radius 3 is 2.84 bits per heavy atom. The Hall–Kier alpha value is -1.35.